The molecule has 168 valence electrons. The summed E-state index contributed by atoms with van der Waals surface area (Å²) < 4.78 is 43.4. The van der Waals surface area contributed by atoms with Crippen molar-refractivity contribution in [1.29, 1.82) is 0 Å². The highest BCUT2D eigenvalue weighted by atomic mass is 79.9. The Hall–Kier alpha value is 0.160. The molecule has 1 unspecified atom stereocenters. The average molecular weight is 473 g/mol. The van der Waals surface area contributed by atoms with Crippen molar-refractivity contribution in [3.8, 4) is 0 Å². The van der Waals surface area contributed by atoms with Gasteiger partial charge in [-0.2, -0.15) is 0 Å². The molecule has 0 N–H and O–H groups in total. The first kappa shape index (κ1) is 26.2. The van der Waals surface area contributed by atoms with E-state index in [-0.39, 0.29) is 6.29 Å². The minimum absolute atomic E-state index is 0.0501. The van der Waals surface area contributed by atoms with Crippen molar-refractivity contribution >= 4 is 15.9 Å². The maximum atomic E-state index is 5.58. The SMILES string of the molecule is BrCCOCCOCCOCCOCCOCCOCCOC1CCCCO1. The quantitative estimate of drug-likeness (QED) is 0.185. The molecule has 0 bridgehead atoms. The van der Waals surface area contributed by atoms with E-state index >= 15 is 0 Å². The lowest BCUT2D eigenvalue weighted by Gasteiger charge is -2.22. The van der Waals surface area contributed by atoms with Crippen LogP contribution in [-0.4, -0.2) is 104 Å². The lowest BCUT2D eigenvalue weighted by atomic mass is 10.2. The normalized spacial score (nSPS) is 17.2. The van der Waals surface area contributed by atoms with Crippen molar-refractivity contribution in [2.75, 3.05) is 97.8 Å². The van der Waals surface area contributed by atoms with E-state index in [1.807, 2.05) is 0 Å². The molecule has 0 amide bonds. The van der Waals surface area contributed by atoms with Crippen LogP contribution >= 0.6 is 15.9 Å². The minimum atomic E-state index is -0.0501. The number of alkyl halides is 1. The van der Waals surface area contributed by atoms with Gasteiger partial charge in [-0.1, -0.05) is 15.9 Å². The summed E-state index contributed by atoms with van der Waals surface area (Å²) in [6.45, 7) is 8.27. The van der Waals surface area contributed by atoms with Gasteiger partial charge < -0.3 is 37.9 Å². The first-order chi connectivity index (χ1) is 13.9. The molecule has 1 atom stereocenters. The van der Waals surface area contributed by atoms with Crippen LogP contribution in [0.5, 0.6) is 0 Å². The van der Waals surface area contributed by atoms with E-state index in [0.29, 0.717) is 85.9 Å². The van der Waals surface area contributed by atoms with Crippen LogP contribution in [0.3, 0.4) is 0 Å². The first-order valence-corrected chi connectivity index (χ1v) is 11.3. The lowest BCUT2D eigenvalue weighted by molar-refractivity contribution is -0.169. The standard InChI is InChI=1S/C19H37BrO8/c20-4-6-21-7-8-22-9-10-23-11-12-24-13-14-25-15-16-26-17-18-28-19-3-1-2-5-27-19/h19H,1-18H2. The second-order valence-electron chi connectivity index (χ2n) is 6.03. The molecule has 0 aromatic heterocycles. The van der Waals surface area contributed by atoms with E-state index in [4.69, 9.17) is 37.9 Å². The summed E-state index contributed by atoms with van der Waals surface area (Å²) in [5.74, 6) is 0. The molecule has 0 radical (unpaired) electrons. The van der Waals surface area contributed by atoms with Gasteiger partial charge in [-0.05, 0) is 19.3 Å². The lowest BCUT2D eigenvalue weighted by Crippen LogP contribution is -2.24. The Balaban J connectivity index is 1.64. The molecule has 9 heteroatoms. The van der Waals surface area contributed by atoms with Gasteiger partial charge in [-0.3, -0.25) is 0 Å². The fourth-order valence-corrected chi connectivity index (χ4v) is 2.57. The van der Waals surface area contributed by atoms with Crippen molar-refractivity contribution in [3.63, 3.8) is 0 Å². The van der Waals surface area contributed by atoms with Crippen molar-refractivity contribution < 1.29 is 37.9 Å². The Kier molecular flexibility index (Phi) is 20.5. The minimum Gasteiger partial charge on any atom is -0.378 e. The summed E-state index contributed by atoms with van der Waals surface area (Å²) >= 11 is 3.29. The average Bonchev–Trinajstić information content (AvgIpc) is 2.73. The summed E-state index contributed by atoms with van der Waals surface area (Å²) in [6, 6.07) is 0. The smallest absolute Gasteiger partial charge is 0.157 e. The summed E-state index contributed by atoms with van der Waals surface area (Å²) in [7, 11) is 0. The number of hydrogen-bond acceptors (Lipinski definition) is 8. The highest BCUT2D eigenvalue weighted by molar-refractivity contribution is 9.09. The third-order valence-electron chi connectivity index (χ3n) is 3.75. The van der Waals surface area contributed by atoms with Gasteiger partial charge in [0.05, 0.1) is 85.9 Å². The zero-order valence-electron chi connectivity index (χ0n) is 16.9. The monoisotopic (exact) mass is 472 g/mol. The molecule has 0 spiro atoms. The van der Waals surface area contributed by atoms with Crippen LogP contribution in [0.2, 0.25) is 0 Å². The molecule has 1 fully saturated rings. The molecule has 1 saturated heterocycles. The third kappa shape index (κ3) is 18.2. The van der Waals surface area contributed by atoms with Crippen molar-refractivity contribution in [2.24, 2.45) is 0 Å². The van der Waals surface area contributed by atoms with E-state index in [9.17, 15) is 0 Å². The van der Waals surface area contributed by atoms with E-state index in [2.05, 4.69) is 15.9 Å². The Morgan fingerprint density at radius 3 is 1.39 bits per heavy atom. The zero-order valence-corrected chi connectivity index (χ0v) is 18.5. The molecule has 0 aromatic carbocycles. The molecule has 1 aliphatic heterocycles. The van der Waals surface area contributed by atoms with Crippen LogP contribution in [-0.2, 0) is 37.9 Å². The largest absolute Gasteiger partial charge is 0.378 e. The molecular formula is C19H37BrO8. The van der Waals surface area contributed by atoms with Gasteiger partial charge in [0.25, 0.3) is 0 Å². The molecule has 0 aromatic rings. The maximum absolute atomic E-state index is 5.58. The van der Waals surface area contributed by atoms with Crippen molar-refractivity contribution in [3.05, 3.63) is 0 Å². The third-order valence-corrected chi connectivity index (χ3v) is 4.07. The Morgan fingerprint density at radius 2 is 1.00 bits per heavy atom. The highest BCUT2D eigenvalue weighted by Gasteiger charge is 2.13. The second kappa shape index (κ2) is 21.9. The van der Waals surface area contributed by atoms with Crippen LogP contribution in [0.1, 0.15) is 19.3 Å². The summed E-state index contributed by atoms with van der Waals surface area (Å²) in [6.07, 6.45) is 3.24. The molecule has 1 heterocycles. The van der Waals surface area contributed by atoms with Crippen molar-refractivity contribution in [1.82, 2.24) is 0 Å². The van der Waals surface area contributed by atoms with Crippen LogP contribution in [0.15, 0.2) is 0 Å². The van der Waals surface area contributed by atoms with Crippen molar-refractivity contribution in [2.45, 2.75) is 25.6 Å². The molecular weight excluding hydrogens is 436 g/mol. The molecule has 1 aliphatic rings. The molecule has 28 heavy (non-hydrogen) atoms. The van der Waals surface area contributed by atoms with Gasteiger partial charge >= 0.3 is 0 Å². The van der Waals surface area contributed by atoms with Gasteiger partial charge in [0.15, 0.2) is 6.29 Å². The maximum Gasteiger partial charge on any atom is 0.157 e. The predicted molar refractivity (Wildman–Crippen MR) is 108 cm³/mol. The fraction of sp³-hybridized carbons (Fsp3) is 1.00. The van der Waals surface area contributed by atoms with E-state index in [1.165, 1.54) is 6.42 Å². The number of rotatable bonds is 21. The van der Waals surface area contributed by atoms with Gasteiger partial charge in [0.1, 0.15) is 0 Å². The molecule has 0 saturated carbocycles. The van der Waals surface area contributed by atoms with E-state index < -0.39 is 0 Å². The van der Waals surface area contributed by atoms with Gasteiger partial charge in [-0.25, -0.2) is 0 Å². The number of hydrogen-bond donors (Lipinski definition) is 0. The van der Waals surface area contributed by atoms with Gasteiger partial charge in [0, 0.05) is 11.9 Å². The van der Waals surface area contributed by atoms with E-state index in [0.717, 1.165) is 24.8 Å². The van der Waals surface area contributed by atoms with Gasteiger partial charge in [-0.15, -0.1) is 0 Å². The number of halogens is 1. The fourth-order valence-electron chi connectivity index (χ4n) is 2.34. The first-order valence-electron chi connectivity index (χ1n) is 10.2. The number of ether oxygens (including phenoxy) is 8. The summed E-state index contributed by atoms with van der Waals surface area (Å²) in [5.41, 5.74) is 0. The van der Waals surface area contributed by atoms with Crippen LogP contribution in [0.4, 0.5) is 0 Å². The van der Waals surface area contributed by atoms with Crippen LogP contribution in [0.25, 0.3) is 0 Å². The Bertz CT molecular complexity index is 306. The zero-order chi connectivity index (χ0) is 20.0. The topological polar surface area (TPSA) is 73.8 Å². The van der Waals surface area contributed by atoms with Crippen LogP contribution in [0, 0.1) is 0 Å². The molecule has 1 rings (SSSR count). The summed E-state index contributed by atoms with van der Waals surface area (Å²) in [4.78, 5) is 0. The van der Waals surface area contributed by atoms with Crippen LogP contribution < -0.4 is 0 Å². The highest BCUT2D eigenvalue weighted by Crippen LogP contribution is 2.13. The predicted octanol–water partition coefficient (Wildman–Crippen LogP) is 2.02. The molecule has 0 aliphatic carbocycles. The second-order valence-corrected chi connectivity index (χ2v) is 6.82. The molecule has 8 nitrogen and oxygen atoms in total. The summed E-state index contributed by atoms with van der Waals surface area (Å²) in [5, 5.41) is 0.848. The Morgan fingerprint density at radius 1 is 0.571 bits per heavy atom. The van der Waals surface area contributed by atoms with Gasteiger partial charge in [0.2, 0.25) is 0 Å². The van der Waals surface area contributed by atoms with E-state index in [1.54, 1.807) is 0 Å². The Labute approximate surface area is 177 Å².